The molecule has 2 aromatic rings. The minimum absolute atomic E-state index is 0.0211. The number of piperidine rings is 1. The van der Waals surface area contributed by atoms with E-state index in [9.17, 15) is 14.4 Å². The Labute approximate surface area is 236 Å². The van der Waals surface area contributed by atoms with Crippen LogP contribution in [-0.2, 0) is 22.4 Å². The van der Waals surface area contributed by atoms with Crippen molar-refractivity contribution in [3.63, 3.8) is 0 Å². The molecule has 40 heavy (non-hydrogen) atoms. The standard InChI is InChI=1S/C31H40N2O7/c1-30(2,3)39-28(35)32-17-14-25(15-18-32)37-24-10-8-22(9-11-24)27(34)38-26-12-7-21-13-16-33(20-23(21)19-26)29(36)40-31(4,5)6/h7-12,19,25H,13-18,20H2,1-6H3. The van der Waals surface area contributed by atoms with E-state index in [1.165, 1.54) is 0 Å². The molecule has 9 nitrogen and oxygen atoms in total. The van der Waals surface area contributed by atoms with Gasteiger partial charge in [0.05, 0.1) is 5.56 Å². The Hall–Kier alpha value is -3.75. The van der Waals surface area contributed by atoms with E-state index >= 15 is 0 Å². The van der Waals surface area contributed by atoms with Crippen molar-refractivity contribution in [2.24, 2.45) is 0 Å². The first-order valence-corrected chi connectivity index (χ1v) is 13.8. The number of carbonyl (C=O) groups is 3. The van der Waals surface area contributed by atoms with Crippen LogP contribution in [0.25, 0.3) is 0 Å². The van der Waals surface area contributed by atoms with Gasteiger partial charge in [-0.15, -0.1) is 0 Å². The van der Waals surface area contributed by atoms with Crippen LogP contribution in [-0.4, -0.2) is 64.9 Å². The van der Waals surface area contributed by atoms with E-state index < -0.39 is 17.2 Å². The van der Waals surface area contributed by atoms with E-state index in [2.05, 4.69) is 0 Å². The van der Waals surface area contributed by atoms with Crippen molar-refractivity contribution in [3.05, 3.63) is 59.2 Å². The van der Waals surface area contributed by atoms with Crippen LogP contribution in [0.5, 0.6) is 11.5 Å². The number of ether oxygens (including phenoxy) is 4. The summed E-state index contributed by atoms with van der Waals surface area (Å²) in [6.07, 6.45) is 1.45. The van der Waals surface area contributed by atoms with Gasteiger partial charge in [-0.1, -0.05) is 6.07 Å². The van der Waals surface area contributed by atoms with E-state index in [1.807, 2.05) is 53.7 Å². The lowest BCUT2D eigenvalue weighted by atomic mass is 10.00. The third kappa shape index (κ3) is 8.13. The lowest BCUT2D eigenvalue weighted by Crippen LogP contribution is -2.44. The monoisotopic (exact) mass is 552 g/mol. The fraction of sp³-hybridized carbons (Fsp3) is 0.516. The number of nitrogens with zero attached hydrogens (tertiary/aromatic N) is 2. The summed E-state index contributed by atoms with van der Waals surface area (Å²) >= 11 is 0. The molecule has 2 heterocycles. The molecule has 2 aliphatic heterocycles. The van der Waals surface area contributed by atoms with Crippen LogP contribution in [0, 0.1) is 0 Å². The Morgan fingerprint density at radius 1 is 0.725 bits per heavy atom. The number of likely N-dealkylation sites (tertiary alicyclic amines) is 1. The smallest absolute Gasteiger partial charge is 0.410 e. The Morgan fingerprint density at radius 2 is 1.30 bits per heavy atom. The van der Waals surface area contributed by atoms with Gasteiger partial charge in [-0.05, 0) is 95.5 Å². The average molecular weight is 553 g/mol. The number of rotatable bonds is 4. The second-order valence-corrected chi connectivity index (χ2v) is 12.3. The van der Waals surface area contributed by atoms with Crippen LogP contribution >= 0.6 is 0 Å². The first kappa shape index (κ1) is 29.2. The van der Waals surface area contributed by atoms with Crippen molar-refractivity contribution in [1.82, 2.24) is 9.80 Å². The van der Waals surface area contributed by atoms with Crippen LogP contribution in [0.4, 0.5) is 9.59 Å². The molecular formula is C31H40N2O7. The minimum Gasteiger partial charge on any atom is -0.490 e. The van der Waals surface area contributed by atoms with Crippen molar-refractivity contribution in [3.8, 4) is 11.5 Å². The zero-order valence-electron chi connectivity index (χ0n) is 24.3. The van der Waals surface area contributed by atoms with Crippen molar-refractivity contribution < 1.29 is 33.3 Å². The second-order valence-electron chi connectivity index (χ2n) is 12.3. The highest BCUT2D eigenvalue weighted by Gasteiger charge is 2.28. The molecule has 1 fully saturated rings. The molecular weight excluding hydrogens is 512 g/mol. The first-order chi connectivity index (χ1) is 18.8. The molecule has 0 unspecified atom stereocenters. The number of esters is 1. The highest BCUT2D eigenvalue weighted by molar-refractivity contribution is 5.91. The fourth-order valence-electron chi connectivity index (χ4n) is 4.59. The number of benzene rings is 2. The number of fused-ring (bicyclic) bond motifs is 1. The maximum atomic E-state index is 12.8. The van der Waals surface area contributed by atoms with Gasteiger partial charge in [-0.2, -0.15) is 0 Å². The quantitative estimate of drug-likeness (QED) is 0.340. The summed E-state index contributed by atoms with van der Waals surface area (Å²) in [6.45, 7) is 13.2. The molecule has 0 radical (unpaired) electrons. The number of amides is 2. The van der Waals surface area contributed by atoms with E-state index in [0.29, 0.717) is 62.5 Å². The van der Waals surface area contributed by atoms with Gasteiger partial charge in [0.2, 0.25) is 0 Å². The summed E-state index contributed by atoms with van der Waals surface area (Å²) in [6, 6.07) is 12.4. The van der Waals surface area contributed by atoms with Crippen LogP contribution in [0.2, 0.25) is 0 Å². The Morgan fingerprint density at radius 3 is 1.90 bits per heavy atom. The largest absolute Gasteiger partial charge is 0.490 e. The Balaban J connectivity index is 1.29. The first-order valence-electron chi connectivity index (χ1n) is 13.8. The zero-order valence-corrected chi connectivity index (χ0v) is 24.3. The summed E-state index contributed by atoms with van der Waals surface area (Å²) in [5.41, 5.74) is 1.38. The molecule has 0 spiro atoms. The average Bonchev–Trinajstić information content (AvgIpc) is 2.87. The van der Waals surface area contributed by atoms with Crippen LogP contribution in [0.15, 0.2) is 42.5 Å². The number of hydrogen-bond acceptors (Lipinski definition) is 7. The molecule has 2 aromatic carbocycles. The van der Waals surface area contributed by atoms with Gasteiger partial charge in [0.1, 0.15) is 28.8 Å². The lowest BCUT2D eigenvalue weighted by Gasteiger charge is -2.33. The third-order valence-electron chi connectivity index (χ3n) is 6.54. The highest BCUT2D eigenvalue weighted by atomic mass is 16.6. The molecule has 1 saturated heterocycles. The molecule has 0 N–H and O–H groups in total. The van der Waals surface area contributed by atoms with Gasteiger partial charge < -0.3 is 28.7 Å². The third-order valence-corrected chi connectivity index (χ3v) is 6.54. The topological polar surface area (TPSA) is 94.6 Å². The van der Waals surface area contributed by atoms with E-state index in [1.54, 1.807) is 40.1 Å². The van der Waals surface area contributed by atoms with Gasteiger partial charge in [-0.25, -0.2) is 14.4 Å². The lowest BCUT2D eigenvalue weighted by molar-refractivity contribution is 0.0125. The van der Waals surface area contributed by atoms with E-state index in [0.717, 1.165) is 11.1 Å². The van der Waals surface area contributed by atoms with Gasteiger partial charge in [-0.3, -0.25) is 0 Å². The molecule has 2 aliphatic rings. The molecule has 4 rings (SSSR count). The molecule has 0 atom stereocenters. The zero-order chi connectivity index (χ0) is 29.1. The van der Waals surface area contributed by atoms with Crippen molar-refractivity contribution in [2.45, 2.75) is 84.7 Å². The normalized spacial score (nSPS) is 16.1. The van der Waals surface area contributed by atoms with Crippen LogP contribution < -0.4 is 9.47 Å². The predicted octanol–water partition coefficient (Wildman–Crippen LogP) is 5.98. The SMILES string of the molecule is CC(C)(C)OC(=O)N1CCC(Oc2ccc(C(=O)Oc3ccc4c(c3)CN(C(=O)OC(C)(C)C)CC4)cc2)CC1. The van der Waals surface area contributed by atoms with Crippen LogP contribution in [0.3, 0.4) is 0 Å². The summed E-state index contributed by atoms with van der Waals surface area (Å²) in [4.78, 5) is 41.0. The van der Waals surface area contributed by atoms with Crippen LogP contribution in [0.1, 0.15) is 75.9 Å². The molecule has 9 heteroatoms. The maximum absolute atomic E-state index is 12.8. The molecule has 216 valence electrons. The summed E-state index contributed by atoms with van der Waals surface area (Å²) in [7, 11) is 0. The van der Waals surface area contributed by atoms with Gasteiger partial charge in [0.15, 0.2) is 0 Å². The number of carbonyl (C=O) groups excluding carboxylic acids is 3. The molecule has 0 saturated carbocycles. The van der Waals surface area contributed by atoms with Gasteiger partial charge in [0, 0.05) is 39.0 Å². The summed E-state index contributed by atoms with van der Waals surface area (Å²) in [5, 5.41) is 0. The second kappa shape index (κ2) is 11.8. The van der Waals surface area contributed by atoms with Gasteiger partial charge >= 0.3 is 18.2 Å². The van der Waals surface area contributed by atoms with Gasteiger partial charge in [0.25, 0.3) is 0 Å². The number of hydrogen-bond donors (Lipinski definition) is 0. The Bertz CT molecular complexity index is 1220. The molecule has 2 amide bonds. The van der Waals surface area contributed by atoms with Crippen molar-refractivity contribution >= 4 is 18.2 Å². The Kier molecular flexibility index (Phi) is 8.61. The fourth-order valence-corrected chi connectivity index (χ4v) is 4.59. The summed E-state index contributed by atoms with van der Waals surface area (Å²) in [5.74, 6) is 0.604. The molecule has 0 aliphatic carbocycles. The molecule has 0 bridgehead atoms. The van der Waals surface area contributed by atoms with E-state index in [-0.39, 0.29) is 18.3 Å². The molecule has 0 aromatic heterocycles. The highest BCUT2D eigenvalue weighted by Crippen LogP contribution is 2.26. The van der Waals surface area contributed by atoms with E-state index in [4.69, 9.17) is 18.9 Å². The predicted molar refractivity (Wildman–Crippen MR) is 150 cm³/mol. The maximum Gasteiger partial charge on any atom is 0.410 e. The summed E-state index contributed by atoms with van der Waals surface area (Å²) < 4.78 is 22.7. The van der Waals surface area contributed by atoms with Crippen molar-refractivity contribution in [2.75, 3.05) is 19.6 Å². The minimum atomic E-state index is -0.561. The van der Waals surface area contributed by atoms with Crippen molar-refractivity contribution in [1.29, 1.82) is 0 Å².